The van der Waals surface area contributed by atoms with Gasteiger partial charge < -0.3 is 5.11 Å². The number of nitrogens with zero attached hydrogens (tertiary/aromatic N) is 1. The molecule has 0 spiro atoms. The van der Waals surface area contributed by atoms with Crippen LogP contribution in [0.15, 0.2) is 113 Å². The molecule has 0 unspecified atom stereocenters. The highest BCUT2D eigenvalue weighted by Gasteiger charge is 2.32. The minimum Gasteiger partial charge on any atom is -0.508 e. The molecule has 1 N–H and O–H groups in total. The lowest BCUT2D eigenvalue weighted by atomic mass is 9.83. The number of ketones is 1. The standard InChI is InChI=1S/C33H29F4NO2/c34-30-19-27(33(35,36)37)13-11-25(30)20-38-16-15-24-12-14-31(39)26(18-32(40)29(24)21-38)17-28(22-7-3-1-4-8-22)23-9-5-2-6-10-23/h1-11,13-14,18-19,28,39H,12,15-17,20-21H2/b26-18-,31-14-. The second-order valence-electron chi connectivity index (χ2n) is 10.3. The molecule has 0 aromatic heterocycles. The molecule has 0 saturated carbocycles. The van der Waals surface area contributed by atoms with E-state index in [0.717, 1.165) is 28.8 Å². The average molecular weight is 548 g/mol. The summed E-state index contributed by atoms with van der Waals surface area (Å²) in [6.07, 6.45) is 0.0259. The Morgan fingerprint density at radius 3 is 2.17 bits per heavy atom. The number of aliphatic hydroxyl groups excluding tert-OH is 1. The van der Waals surface area contributed by atoms with E-state index in [0.29, 0.717) is 43.0 Å². The summed E-state index contributed by atoms with van der Waals surface area (Å²) >= 11 is 0. The van der Waals surface area contributed by atoms with Crippen molar-refractivity contribution in [2.45, 2.75) is 37.9 Å². The van der Waals surface area contributed by atoms with Gasteiger partial charge >= 0.3 is 6.18 Å². The normalized spacial score (nSPS) is 19.4. The van der Waals surface area contributed by atoms with Crippen LogP contribution in [0.3, 0.4) is 0 Å². The maximum absolute atomic E-state index is 14.5. The summed E-state index contributed by atoms with van der Waals surface area (Å²) in [5.74, 6) is -1.11. The first-order valence-electron chi connectivity index (χ1n) is 13.2. The van der Waals surface area contributed by atoms with Crippen molar-refractivity contribution in [3.63, 3.8) is 0 Å². The Balaban J connectivity index is 1.38. The number of hydrogen-bond acceptors (Lipinski definition) is 3. The van der Waals surface area contributed by atoms with E-state index in [9.17, 15) is 27.5 Å². The molecule has 7 heteroatoms. The van der Waals surface area contributed by atoms with Crippen LogP contribution in [0, 0.1) is 5.82 Å². The van der Waals surface area contributed by atoms with Crippen LogP contribution in [0.1, 0.15) is 47.4 Å². The number of carbonyl (C=O) groups excluding carboxylic acids is 1. The minimum atomic E-state index is -4.61. The number of halogens is 4. The van der Waals surface area contributed by atoms with Gasteiger partial charge in [-0.25, -0.2) is 4.39 Å². The van der Waals surface area contributed by atoms with E-state index in [1.165, 1.54) is 6.08 Å². The molecule has 1 heterocycles. The van der Waals surface area contributed by atoms with Gasteiger partial charge in [-0.3, -0.25) is 9.69 Å². The molecule has 3 nitrogen and oxygen atoms in total. The highest BCUT2D eigenvalue weighted by molar-refractivity contribution is 6.06. The van der Waals surface area contributed by atoms with Crippen molar-refractivity contribution in [1.82, 2.24) is 4.90 Å². The number of allylic oxidation sites excluding steroid dienone is 3. The van der Waals surface area contributed by atoms with Gasteiger partial charge in [-0.1, -0.05) is 72.3 Å². The smallest absolute Gasteiger partial charge is 0.416 e. The van der Waals surface area contributed by atoms with Crippen molar-refractivity contribution in [3.05, 3.63) is 142 Å². The summed E-state index contributed by atoms with van der Waals surface area (Å²) in [6, 6.07) is 22.4. The summed E-state index contributed by atoms with van der Waals surface area (Å²) in [5, 5.41) is 11.0. The fourth-order valence-electron chi connectivity index (χ4n) is 5.42. The van der Waals surface area contributed by atoms with Crippen molar-refractivity contribution >= 4 is 5.78 Å². The number of rotatable bonds is 6. The number of hydrogen-bond donors (Lipinski definition) is 1. The van der Waals surface area contributed by atoms with E-state index < -0.39 is 17.6 Å². The quantitative estimate of drug-likeness (QED) is 0.319. The van der Waals surface area contributed by atoms with Gasteiger partial charge in [0.25, 0.3) is 0 Å². The summed E-state index contributed by atoms with van der Waals surface area (Å²) in [6.45, 7) is 0.880. The van der Waals surface area contributed by atoms with Gasteiger partial charge in [-0.05, 0) is 60.2 Å². The van der Waals surface area contributed by atoms with Crippen LogP contribution in [-0.2, 0) is 17.5 Å². The lowest BCUT2D eigenvalue weighted by Gasteiger charge is -2.31. The zero-order valence-corrected chi connectivity index (χ0v) is 21.8. The summed E-state index contributed by atoms with van der Waals surface area (Å²) in [7, 11) is 0. The molecule has 0 bridgehead atoms. The van der Waals surface area contributed by atoms with E-state index in [2.05, 4.69) is 0 Å². The maximum atomic E-state index is 14.5. The molecule has 3 aromatic rings. The van der Waals surface area contributed by atoms with Crippen LogP contribution in [0.4, 0.5) is 17.6 Å². The predicted octanol–water partition coefficient (Wildman–Crippen LogP) is 7.91. The second-order valence-corrected chi connectivity index (χ2v) is 10.3. The Kier molecular flexibility index (Phi) is 8.03. The molecule has 206 valence electrons. The Bertz CT molecular complexity index is 1430. The summed E-state index contributed by atoms with van der Waals surface area (Å²) < 4.78 is 53.3. The van der Waals surface area contributed by atoms with Gasteiger partial charge in [0.1, 0.15) is 11.6 Å². The molecule has 0 amide bonds. The number of alkyl halides is 3. The van der Waals surface area contributed by atoms with E-state index in [1.54, 1.807) is 6.08 Å². The van der Waals surface area contributed by atoms with Crippen LogP contribution < -0.4 is 0 Å². The van der Waals surface area contributed by atoms with Gasteiger partial charge in [-0.2, -0.15) is 13.2 Å². The lowest BCUT2D eigenvalue weighted by Crippen LogP contribution is -2.34. The first kappa shape index (κ1) is 27.6. The molecule has 1 aliphatic carbocycles. The Morgan fingerprint density at radius 2 is 1.57 bits per heavy atom. The zero-order valence-electron chi connectivity index (χ0n) is 21.8. The largest absolute Gasteiger partial charge is 0.508 e. The topological polar surface area (TPSA) is 40.5 Å². The fraction of sp³-hybridized carbons (Fsp3) is 0.242. The molecule has 0 atom stereocenters. The van der Waals surface area contributed by atoms with E-state index in [1.807, 2.05) is 65.6 Å². The molecule has 40 heavy (non-hydrogen) atoms. The van der Waals surface area contributed by atoms with Gasteiger partial charge in [0.05, 0.1) is 5.56 Å². The molecule has 0 fully saturated rings. The second kappa shape index (κ2) is 11.6. The van der Waals surface area contributed by atoms with Crippen LogP contribution in [-0.4, -0.2) is 28.9 Å². The highest BCUT2D eigenvalue weighted by Crippen LogP contribution is 2.35. The Morgan fingerprint density at radius 1 is 0.925 bits per heavy atom. The van der Waals surface area contributed by atoms with Gasteiger partial charge in [0, 0.05) is 36.7 Å². The van der Waals surface area contributed by atoms with E-state index >= 15 is 0 Å². The SMILES string of the molecule is O=C1/C=C(CC(c2ccccc2)c2ccccc2)\C(O)=C\CC2=C1CN(Cc1ccc(C(F)(F)F)cc1F)CC2. The number of carbonyl (C=O) groups is 1. The van der Waals surface area contributed by atoms with Gasteiger partial charge in [-0.15, -0.1) is 0 Å². The Hall–Kier alpha value is -3.97. The van der Waals surface area contributed by atoms with Crippen LogP contribution in [0.2, 0.25) is 0 Å². The molecule has 3 aromatic carbocycles. The lowest BCUT2D eigenvalue weighted by molar-refractivity contribution is -0.137. The van der Waals surface area contributed by atoms with Crippen molar-refractivity contribution in [1.29, 1.82) is 0 Å². The van der Waals surface area contributed by atoms with Crippen molar-refractivity contribution in [3.8, 4) is 0 Å². The van der Waals surface area contributed by atoms with Crippen LogP contribution >= 0.6 is 0 Å². The zero-order chi connectivity index (χ0) is 28.3. The molecular weight excluding hydrogens is 518 g/mol. The third kappa shape index (κ3) is 6.26. The summed E-state index contributed by atoms with van der Waals surface area (Å²) in [4.78, 5) is 15.4. The molecule has 1 aliphatic heterocycles. The third-order valence-corrected chi connectivity index (χ3v) is 7.61. The monoisotopic (exact) mass is 547 g/mol. The molecule has 0 saturated heterocycles. The third-order valence-electron chi connectivity index (χ3n) is 7.61. The summed E-state index contributed by atoms with van der Waals surface area (Å²) in [5.41, 5.74) is 3.31. The first-order valence-corrected chi connectivity index (χ1v) is 13.2. The van der Waals surface area contributed by atoms with Crippen LogP contribution in [0.25, 0.3) is 0 Å². The molecule has 5 rings (SSSR count). The van der Waals surface area contributed by atoms with Crippen molar-refractivity contribution in [2.75, 3.05) is 13.1 Å². The van der Waals surface area contributed by atoms with Gasteiger partial charge in [0.2, 0.25) is 0 Å². The number of aliphatic hydroxyl groups is 1. The first-order chi connectivity index (χ1) is 19.2. The maximum Gasteiger partial charge on any atom is 0.416 e. The van der Waals surface area contributed by atoms with Crippen LogP contribution in [0.5, 0.6) is 0 Å². The van der Waals surface area contributed by atoms with E-state index in [4.69, 9.17) is 0 Å². The van der Waals surface area contributed by atoms with Crippen molar-refractivity contribution in [2.24, 2.45) is 0 Å². The highest BCUT2D eigenvalue weighted by atomic mass is 19.4. The predicted molar refractivity (Wildman–Crippen MR) is 146 cm³/mol. The van der Waals surface area contributed by atoms with Gasteiger partial charge in [0.15, 0.2) is 5.78 Å². The minimum absolute atomic E-state index is 0.0737. The van der Waals surface area contributed by atoms with E-state index in [-0.39, 0.29) is 36.1 Å². The molecule has 0 radical (unpaired) electrons. The molecule has 2 aliphatic rings. The number of benzene rings is 3. The molecular formula is C33H29F4NO2. The average Bonchev–Trinajstić information content (AvgIpc) is 2.95. The fourth-order valence-corrected chi connectivity index (χ4v) is 5.42. The Labute approximate surface area is 230 Å². The van der Waals surface area contributed by atoms with Crippen molar-refractivity contribution < 1.29 is 27.5 Å².